The zero-order valence-corrected chi connectivity index (χ0v) is 20.2. The lowest BCUT2D eigenvalue weighted by Crippen LogP contribution is -2.29. The van der Waals surface area contributed by atoms with Crippen LogP contribution in [0.1, 0.15) is 43.2 Å². The van der Waals surface area contributed by atoms with Crippen molar-refractivity contribution in [2.24, 2.45) is 5.92 Å². The summed E-state index contributed by atoms with van der Waals surface area (Å²) in [5.41, 5.74) is 3.85. The van der Waals surface area contributed by atoms with Crippen LogP contribution >= 0.6 is 0 Å². The molecular formula is C25H28N4O4S. The third-order valence-corrected chi connectivity index (χ3v) is 8.30. The third kappa shape index (κ3) is 4.89. The maximum Gasteiger partial charge on any atom is 0.222 e. The molecule has 2 aromatic heterocycles. The first-order valence-corrected chi connectivity index (χ1v) is 12.9. The van der Waals surface area contributed by atoms with E-state index in [1.165, 1.54) is 6.92 Å². The predicted molar refractivity (Wildman–Crippen MR) is 133 cm³/mol. The van der Waals surface area contributed by atoms with E-state index in [9.17, 15) is 18.0 Å². The number of amides is 1. The zero-order chi connectivity index (χ0) is 24.5. The van der Waals surface area contributed by atoms with Crippen LogP contribution in [0.2, 0.25) is 0 Å². The van der Waals surface area contributed by atoms with Crippen LogP contribution in [0.25, 0.3) is 11.3 Å². The van der Waals surface area contributed by atoms with Crippen molar-refractivity contribution in [1.82, 2.24) is 9.97 Å². The Morgan fingerprint density at radius 1 is 1.15 bits per heavy atom. The molecule has 0 aliphatic heterocycles. The molecule has 0 spiro atoms. The fourth-order valence-electron chi connectivity index (χ4n) is 4.24. The second-order valence-electron chi connectivity index (χ2n) is 8.88. The SMILES string of the molecule is CC(=O)Nc1ncccc1-c1[nH]c2c(c1Nc1ccccc1)C(=O)CC(CS(=O)(=O)C(C)C)C2. The van der Waals surface area contributed by atoms with Crippen molar-refractivity contribution in [3.8, 4) is 11.3 Å². The first kappa shape index (κ1) is 23.7. The van der Waals surface area contributed by atoms with Gasteiger partial charge in [0.1, 0.15) is 5.82 Å². The molecule has 34 heavy (non-hydrogen) atoms. The van der Waals surface area contributed by atoms with E-state index in [0.717, 1.165) is 5.69 Å². The van der Waals surface area contributed by atoms with Crippen LogP contribution in [-0.4, -0.2) is 41.1 Å². The lowest BCUT2D eigenvalue weighted by molar-refractivity contribution is -0.114. The van der Waals surface area contributed by atoms with Crippen LogP contribution in [0, 0.1) is 5.92 Å². The van der Waals surface area contributed by atoms with Gasteiger partial charge in [0.25, 0.3) is 0 Å². The lowest BCUT2D eigenvalue weighted by Gasteiger charge is -2.23. The molecule has 3 aromatic rings. The van der Waals surface area contributed by atoms with Gasteiger partial charge >= 0.3 is 0 Å². The van der Waals surface area contributed by atoms with Crippen molar-refractivity contribution in [2.45, 2.75) is 38.9 Å². The number of aromatic nitrogens is 2. The number of fused-ring (bicyclic) bond motifs is 1. The smallest absolute Gasteiger partial charge is 0.222 e. The number of sulfone groups is 1. The molecule has 178 valence electrons. The largest absolute Gasteiger partial charge is 0.356 e. The fourth-order valence-corrected chi connectivity index (χ4v) is 5.52. The second kappa shape index (κ2) is 9.42. The summed E-state index contributed by atoms with van der Waals surface area (Å²) < 4.78 is 25.0. The number of anilines is 3. The van der Waals surface area contributed by atoms with E-state index in [-0.39, 0.29) is 29.8 Å². The van der Waals surface area contributed by atoms with Gasteiger partial charge in [0.15, 0.2) is 15.6 Å². The minimum Gasteiger partial charge on any atom is -0.356 e. The van der Waals surface area contributed by atoms with Crippen molar-refractivity contribution >= 4 is 38.7 Å². The van der Waals surface area contributed by atoms with Gasteiger partial charge in [0, 0.05) is 36.5 Å². The van der Waals surface area contributed by atoms with Gasteiger partial charge in [-0.1, -0.05) is 18.2 Å². The van der Waals surface area contributed by atoms with E-state index in [1.54, 1.807) is 26.1 Å². The number of H-pyrrole nitrogens is 1. The number of pyridine rings is 1. The molecular weight excluding hydrogens is 452 g/mol. The molecule has 0 bridgehead atoms. The Bertz CT molecular complexity index is 1330. The number of ketones is 1. The van der Waals surface area contributed by atoms with Crippen molar-refractivity contribution in [1.29, 1.82) is 0 Å². The summed E-state index contributed by atoms with van der Waals surface area (Å²) in [7, 11) is -3.29. The van der Waals surface area contributed by atoms with Gasteiger partial charge < -0.3 is 15.6 Å². The van der Waals surface area contributed by atoms with Crippen LogP contribution in [0.3, 0.4) is 0 Å². The molecule has 1 aliphatic rings. The van der Waals surface area contributed by atoms with Gasteiger partial charge in [-0.2, -0.15) is 0 Å². The highest BCUT2D eigenvalue weighted by Crippen LogP contribution is 2.41. The Morgan fingerprint density at radius 3 is 2.56 bits per heavy atom. The monoisotopic (exact) mass is 480 g/mol. The fraction of sp³-hybridized carbons (Fsp3) is 0.320. The lowest BCUT2D eigenvalue weighted by atomic mass is 9.87. The number of nitrogens with one attached hydrogen (secondary N) is 3. The molecule has 4 rings (SSSR count). The van der Waals surface area contributed by atoms with E-state index in [4.69, 9.17) is 0 Å². The van der Waals surface area contributed by atoms with Crippen molar-refractivity contribution < 1.29 is 18.0 Å². The van der Waals surface area contributed by atoms with Crippen LogP contribution < -0.4 is 10.6 Å². The van der Waals surface area contributed by atoms with Gasteiger partial charge in [0.05, 0.1) is 27.9 Å². The average molecular weight is 481 g/mol. The number of carbonyl (C=O) groups excluding carboxylic acids is 2. The quantitative estimate of drug-likeness (QED) is 0.462. The highest BCUT2D eigenvalue weighted by molar-refractivity contribution is 7.91. The normalized spacial score (nSPS) is 15.8. The third-order valence-electron chi connectivity index (χ3n) is 5.92. The van der Waals surface area contributed by atoms with E-state index in [0.29, 0.717) is 40.4 Å². The number of carbonyl (C=O) groups is 2. The Balaban J connectivity index is 1.82. The number of Topliss-reactive ketones (excluding diaryl/α,β-unsaturated/α-hetero) is 1. The summed E-state index contributed by atoms with van der Waals surface area (Å²) >= 11 is 0. The molecule has 9 heteroatoms. The zero-order valence-electron chi connectivity index (χ0n) is 19.4. The molecule has 1 unspecified atom stereocenters. The standard InChI is InChI=1S/C25H28N4O4S/c1-15(2)34(32,33)14-17-12-20-22(21(31)13-17)24(28-18-8-5-4-6-9-18)23(29-20)19-10-7-11-26-25(19)27-16(3)30/h4-11,15,17,28-29H,12-14H2,1-3H3,(H,26,27,30). The topological polar surface area (TPSA) is 121 Å². The van der Waals surface area contributed by atoms with Gasteiger partial charge in [-0.15, -0.1) is 0 Å². The number of nitrogens with zero attached hydrogens (tertiary/aromatic N) is 1. The minimum atomic E-state index is -3.29. The summed E-state index contributed by atoms with van der Waals surface area (Å²) in [6.45, 7) is 4.72. The Labute approximate surface area is 199 Å². The Kier molecular flexibility index (Phi) is 6.56. The average Bonchev–Trinajstić information content (AvgIpc) is 3.12. The summed E-state index contributed by atoms with van der Waals surface area (Å²) in [6, 6.07) is 13.0. The first-order valence-electron chi connectivity index (χ1n) is 11.2. The molecule has 1 atom stereocenters. The maximum absolute atomic E-state index is 13.3. The molecule has 0 saturated heterocycles. The molecule has 1 amide bonds. The predicted octanol–water partition coefficient (Wildman–Crippen LogP) is 4.35. The summed E-state index contributed by atoms with van der Waals surface area (Å²) in [5, 5.41) is 5.61. The van der Waals surface area contributed by atoms with Crippen LogP contribution in [0.4, 0.5) is 17.2 Å². The molecule has 0 radical (unpaired) electrons. The van der Waals surface area contributed by atoms with Gasteiger partial charge in [-0.3, -0.25) is 9.59 Å². The first-order chi connectivity index (χ1) is 16.2. The molecule has 2 heterocycles. The summed E-state index contributed by atoms with van der Waals surface area (Å²) in [6.07, 6.45) is 2.18. The van der Waals surface area contributed by atoms with Crippen molar-refractivity contribution in [2.75, 3.05) is 16.4 Å². The number of aromatic amines is 1. The Hall–Kier alpha value is -3.46. The molecule has 3 N–H and O–H groups in total. The summed E-state index contributed by atoms with van der Waals surface area (Å²) in [5.74, 6) is -0.335. The van der Waals surface area contributed by atoms with Crippen LogP contribution in [-0.2, 0) is 21.1 Å². The van der Waals surface area contributed by atoms with Crippen LogP contribution in [0.15, 0.2) is 48.7 Å². The highest BCUT2D eigenvalue weighted by atomic mass is 32.2. The van der Waals surface area contributed by atoms with Crippen LogP contribution in [0.5, 0.6) is 0 Å². The van der Waals surface area contributed by atoms with E-state index in [2.05, 4.69) is 20.6 Å². The minimum absolute atomic E-state index is 0.0321. The van der Waals surface area contributed by atoms with Gasteiger partial charge in [-0.05, 0) is 50.5 Å². The number of para-hydroxylation sites is 1. The number of hydrogen-bond donors (Lipinski definition) is 3. The maximum atomic E-state index is 13.3. The second-order valence-corrected chi connectivity index (χ2v) is 11.5. The number of hydrogen-bond acceptors (Lipinski definition) is 6. The molecule has 1 aliphatic carbocycles. The molecule has 8 nitrogen and oxygen atoms in total. The van der Waals surface area contributed by atoms with Gasteiger partial charge in [0.2, 0.25) is 5.91 Å². The van der Waals surface area contributed by atoms with Crippen molar-refractivity contribution in [3.05, 3.63) is 59.9 Å². The van der Waals surface area contributed by atoms with E-state index < -0.39 is 15.1 Å². The molecule has 1 aromatic carbocycles. The number of rotatable bonds is 7. The molecule has 0 fully saturated rings. The van der Waals surface area contributed by atoms with Crippen molar-refractivity contribution in [3.63, 3.8) is 0 Å². The van der Waals surface area contributed by atoms with Gasteiger partial charge in [-0.25, -0.2) is 13.4 Å². The Morgan fingerprint density at radius 2 is 1.88 bits per heavy atom. The number of benzene rings is 1. The molecule has 0 saturated carbocycles. The van der Waals surface area contributed by atoms with E-state index >= 15 is 0 Å². The van der Waals surface area contributed by atoms with E-state index in [1.807, 2.05) is 36.4 Å². The summed E-state index contributed by atoms with van der Waals surface area (Å²) in [4.78, 5) is 32.8. The highest BCUT2D eigenvalue weighted by Gasteiger charge is 2.35.